The number of hydrogen-bond acceptors (Lipinski definition) is 2. The third-order valence-corrected chi connectivity index (χ3v) is 4.50. The number of hydrogen-bond donors (Lipinski definition) is 2. The summed E-state index contributed by atoms with van der Waals surface area (Å²) in [5, 5.41) is 3.08. The molecule has 104 valence electrons. The molecule has 0 heterocycles. The second-order valence-corrected chi connectivity index (χ2v) is 6.09. The maximum atomic E-state index is 12.4. The molecule has 3 N–H and O–H groups in total. The third kappa shape index (κ3) is 3.37. The lowest BCUT2D eigenvalue weighted by Gasteiger charge is -2.18. The molecule has 1 amide bonds. The number of nitrogens with one attached hydrogen (secondary N) is 1. The molecule has 0 aliphatic heterocycles. The third-order valence-electron chi connectivity index (χ3n) is 4.00. The molecule has 1 saturated carbocycles. The second kappa shape index (κ2) is 6.53. The fourth-order valence-electron chi connectivity index (χ4n) is 2.87. The summed E-state index contributed by atoms with van der Waals surface area (Å²) in [5.41, 5.74) is 7.83. The highest BCUT2D eigenvalue weighted by atomic mass is 79.9. The molecule has 1 aromatic rings. The molecule has 3 nitrogen and oxygen atoms in total. The molecular formula is C15H21BrN2O. The Morgan fingerprint density at radius 1 is 1.47 bits per heavy atom. The lowest BCUT2D eigenvalue weighted by molar-refractivity contribution is -0.120. The zero-order valence-electron chi connectivity index (χ0n) is 11.3. The van der Waals surface area contributed by atoms with Gasteiger partial charge in [-0.25, -0.2) is 0 Å². The highest BCUT2D eigenvalue weighted by Crippen LogP contribution is 2.32. The zero-order chi connectivity index (χ0) is 13.8. The summed E-state index contributed by atoms with van der Waals surface area (Å²) in [5.74, 6) is 0.559. The minimum atomic E-state index is 0.0818. The van der Waals surface area contributed by atoms with Crippen molar-refractivity contribution in [1.29, 1.82) is 0 Å². The van der Waals surface area contributed by atoms with E-state index in [9.17, 15) is 4.79 Å². The van der Waals surface area contributed by atoms with E-state index >= 15 is 0 Å². The largest absolute Gasteiger partial charge is 0.330 e. The Hall–Kier alpha value is -0.870. The summed E-state index contributed by atoms with van der Waals surface area (Å²) in [6.07, 6.45) is 4.06. The van der Waals surface area contributed by atoms with Crippen LogP contribution in [0.5, 0.6) is 0 Å². The van der Waals surface area contributed by atoms with Crippen LogP contribution >= 0.6 is 15.9 Å². The van der Waals surface area contributed by atoms with E-state index in [1.807, 2.05) is 12.1 Å². The van der Waals surface area contributed by atoms with Crippen molar-refractivity contribution in [3.63, 3.8) is 0 Å². The van der Waals surface area contributed by atoms with Gasteiger partial charge in [-0.05, 0) is 55.5 Å². The van der Waals surface area contributed by atoms with Crippen molar-refractivity contribution in [3.8, 4) is 0 Å². The van der Waals surface area contributed by atoms with E-state index in [1.54, 1.807) is 0 Å². The van der Waals surface area contributed by atoms with E-state index in [0.29, 0.717) is 12.5 Å². The molecule has 0 aromatic heterocycles. The average Bonchev–Trinajstić information content (AvgIpc) is 2.89. The molecule has 1 aliphatic carbocycles. The van der Waals surface area contributed by atoms with Crippen LogP contribution in [0.25, 0.3) is 0 Å². The molecule has 0 bridgehead atoms. The summed E-state index contributed by atoms with van der Waals surface area (Å²) in [4.78, 5) is 12.4. The van der Waals surface area contributed by atoms with Crippen molar-refractivity contribution in [2.45, 2.75) is 32.6 Å². The van der Waals surface area contributed by atoms with Crippen molar-refractivity contribution in [2.24, 2.45) is 17.6 Å². The number of amides is 1. The van der Waals surface area contributed by atoms with Gasteiger partial charge in [0, 0.05) is 16.1 Å². The van der Waals surface area contributed by atoms with E-state index < -0.39 is 0 Å². The number of rotatable bonds is 4. The maximum Gasteiger partial charge on any atom is 0.227 e. The lowest BCUT2D eigenvalue weighted by atomic mass is 9.95. The van der Waals surface area contributed by atoms with Gasteiger partial charge in [0.25, 0.3) is 0 Å². The van der Waals surface area contributed by atoms with Gasteiger partial charge in [-0.1, -0.05) is 29.3 Å². The van der Waals surface area contributed by atoms with Crippen LogP contribution in [-0.4, -0.2) is 12.5 Å². The summed E-state index contributed by atoms with van der Waals surface area (Å²) in [7, 11) is 0. The molecule has 19 heavy (non-hydrogen) atoms. The van der Waals surface area contributed by atoms with Gasteiger partial charge in [0.15, 0.2) is 0 Å². The molecule has 0 spiro atoms. The second-order valence-electron chi connectivity index (χ2n) is 5.18. The monoisotopic (exact) mass is 324 g/mol. The normalized spacial score (nSPS) is 22.5. The summed E-state index contributed by atoms with van der Waals surface area (Å²) in [6, 6.07) is 5.99. The van der Waals surface area contributed by atoms with Gasteiger partial charge >= 0.3 is 0 Å². The average molecular weight is 325 g/mol. The fraction of sp³-hybridized carbons (Fsp3) is 0.533. The Labute approximate surface area is 123 Å². The molecule has 1 aromatic carbocycles. The van der Waals surface area contributed by atoms with E-state index in [1.165, 1.54) is 0 Å². The van der Waals surface area contributed by atoms with Gasteiger partial charge in [-0.2, -0.15) is 0 Å². The first-order valence-corrected chi connectivity index (χ1v) is 7.74. The number of carbonyl (C=O) groups excluding carboxylic acids is 1. The standard InChI is InChI=1S/C15H21BrN2O/c1-2-10-8-12(16)6-7-14(10)18-15(19)13-5-3-4-11(13)9-17/h6-8,11,13H,2-5,9,17H2,1H3,(H,18,19). The smallest absolute Gasteiger partial charge is 0.227 e. The molecule has 2 rings (SSSR count). The fourth-order valence-corrected chi connectivity index (χ4v) is 3.27. The first-order valence-electron chi connectivity index (χ1n) is 6.95. The van der Waals surface area contributed by atoms with E-state index in [4.69, 9.17) is 5.73 Å². The number of halogens is 1. The van der Waals surface area contributed by atoms with Crippen molar-refractivity contribution >= 4 is 27.5 Å². The van der Waals surface area contributed by atoms with Crippen LogP contribution in [0.15, 0.2) is 22.7 Å². The topological polar surface area (TPSA) is 55.1 Å². The van der Waals surface area contributed by atoms with Crippen LogP contribution < -0.4 is 11.1 Å². The SMILES string of the molecule is CCc1cc(Br)ccc1NC(=O)C1CCCC1CN. The number of aryl methyl sites for hydroxylation is 1. The number of benzene rings is 1. The van der Waals surface area contributed by atoms with Gasteiger partial charge in [-0.15, -0.1) is 0 Å². The van der Waals surface area contributed by atoms with Crippen LogP contribution in [0, 0.1) is 11.8 Å². The molecule has 1 fully saturated rings. The molecule has 4 heteroatoms. The lowest BCUT2D eigenvalue weighted by Crippen LogP contribution is -2.30. The van der Waals surface area contributed by atoms with Crippen LogP contribution in [0.4, 0.5) is 5.69 Å². The van der Waals surface area contributed by atoms with Gasteiger partial charge in [0.05, 0.1) is 0 Å². The molecule has 1 aliphatic rings. The van der Waals surface area contributed by atoms with E-state index in [2.05, 4.69) is 34.2 Å². The van der Waals surface area contributed by atoms with Crippen molar-refractivity contribution in [2.75, 3.05) is 11.9 Å². The molecule has 0 saturated heterocycles. The minimum Gasteiger partial charge on any atom is -0.330 e. The van der Waals surface area contributed by atoms with Gasteiger partial charge in [-0.3, -0.25) is 4.79 Å². The van der Waals surface area contributed by atoms with Crippen molar-refractivity contribution in [1.82, 2.24) is 0 Å². The molecular weight excluding hydrogens is 304 g/mol. The van der Waals surface area contributed by atoms with Crippen molar-refractivity contribution < 1.29 is 4.79 Å². The quantitative estimate of drug-likeness (QED) is 0.892. The van der Waals surface area contributed by atoms with Crippen LogP contribution in [0.2, 0.25) is 0 Å². The Kier molecular flexibility index (Phi) is 4.99. The number of nitrogens with two attached hydrogens (primary N) is 1. The van der Waals surface area contributed by atoms with Crippen LogP contribution in [0.1, 0.15) is 31.7 Å². The zero-order valence-corrected chi connectivity index (χ0v) is 12.9. The Morgan fingerprint density at radius 2 is 2.26 bits per heavy atom. The first-order chi connectivity index (χ1) is 9.15. The van der Waals surface area contributed by atoms with E-state index in [0.717, 1.165) is 41.4 Å². The van der Waals surface area contributed by atoms with Crippen LogP contribution in [-0.2, 0) is 11.2 Å². The number of carbonyl (C=O) groups is 1. The Balaban J connectivity index is 2.10. The van der Waals surface area contributed by atoms with E-state index in [-0.39, 0.29) is 11.8 Å². The maximum absolute atomic E-state index is 12.4. The summed E-state index contributed by atoms with van der Waals surface area (Å²) < 4.78 is 1.04. The summed E-state index contributed by atoms with van der Waals surface area (Å²) >= 11 is 3.46. The highest BCUT2D eigenvalue weighted by molar-refractivity contribution is 9.10. The Bertz CT molecular complexity index is 461. The highest BCUT2D eigenvalue weighted by Gasteiger charge is 2.32. The molecule has 0 radical (unpaired) electrons. The molecule has 2 atom stereocenters. The predicted octanol–water partition coefficient (Wildman–Crippen LogP) is 3.33. The van der Waals surface area contributed by atoms with Crippen molar-refractivity contribution in [3.05, 3.63) is 28.2 Å². The number of anilines is 1. The minimum absolute atomic E-state index is 0.0818. The molecule has 2 unspecified atom stereocenters. The van der Waals surface area contributed by atoms with Gasteiger partial charge in [0.1, 0.15) is 0 Å². The van der Waals surface area contributed by atoms with Gasteiger partial charge in [0.2, 0.25) is 5.91 Å². The summed E-state index contributed by atoms with van der Waals surface area (Å²) in [6.45, 7) is 2.70. The van der Waals surface area contributed by atoms with Crippen LogP contribution in [0.3, 0.4) is 0 Å². The first kappa shape index (κ1) is 14.5. The Morgan fingerprint density at radius 3 is 2.95 bits per heavy atom. The van der Waals surface area contributed by atoms with Gasteiger partial charge < -0.3 is 11.1 Å². The predicted molar refractivity (Wildman–Crippen MR) is 82.0 cm³/mol.